The van der Waals surface area contributed by atoms with E-state index in [1.165, 1.54) is 5.69 Å². The van der Waals surface area contributed by atoms with E-state index in [-0.39, 0.29) is 5.91 Å². The molecule has 2 aromatic carbocycles. The van der Waals surface area contributed by atoms with Gasteiger partial charge >= 0.3 is 0 Å². The maximum atomic E-state index is 13.1. The third-order valence-corrected chi connectivity index (χ3v) is 4.60. The number of hydrogen-bond donors (Lipinski definition) is 0. The zero-order valence-electron chi connectivity index (χ0n) is 15.9. The molecule has 1 heterocycles. The molecule has 0 fully saturated rings. The van der Waals surface area contributed by atoms with Gasteiger partial charge in [-0.25, -0.2) is 4.98 Å². The van der Waals surface area contributed by atoms with Crippen molar-refractivity contribution in [2.24, 2.45) is 0 Å². The number of hydrogen-bond acceptors (Lipinski definition) is 3. The van der Waals surface area contributed by atoms with Gasteiger partial charge in [0.1, 0.15) is 5.82 Å². The molecule has 1 aromatic heterocycles. The van der Waals surface area contributed by atoms with Gasteiger partial charge < -0.3 is 4.90 Å². The van der Waals surface area contributed by atoms with Gasteiger partial charge in [-0.15, -0.1) is 0 Å². The number of benzene rings is 2. The van der Waals surface area contributed by atoms with Gasteiger partial charge in [-0.05, 0) is 55.8 Å². The number of pyridine rings is 1. The quantitative estimate of drug-likeness (QED) is 0.609. The molecular formula is C23H25N3O. The first-order chi connectivity index (χ1) is 13.2. The molecule has 0 bridgehead atoms. The number of carbonyl (C=O) groups is 1. The lowest BCUT2D eigenvalue weighted by atomic mass is 10.1. The van der Waals surface area contributed by atoms with Crippen LogP contribution in [0, 0.1) is 0 Å². The highest BCUT2D eigenvalue weighted by Gasteiger charge is 2.19. The lowest BCUT2D eigenvalue weighted by molar-refractivity contribution is 0.0984. The molecule has 0 spiro atoms. The fourth-order valence-electron chi connectivity index (χ4n) is 3.09. The highest BCUT2D eigenvalue weighted by atomic mass is 16.2. The Morgan fingerprint density at radius 1 is 0.852 bits per heavy atom. The predicted octanol–water partition coefficient (Wildman–Crippen LogP) is 4.77. The van der Waals surface area contributed by atoms with Crippen LogP contribution in [0.25, 0.3) is 0 Å². The molecule has 4 nitrogen and oxygen atoms in total. The Bertz CT molecular complexity index is 844. The van der Waals surface area contributed by atoms with E-state index >= 15 is 0 Å². The number of rotatable bonds is 7. The largest absolute Gasteiger partial charge is 0.372 e. The van der Waals surface area contributed by atoms with E-state index < -0.39 is 0 Å². The van der Waals surface area contributed by atoms with Gasteiger partial charge in [-0.3, -0.25) is 9.69 Å². The van der Waals surface area contributed by atoms with Gasteiger partial charge in [0.25, 0.3) is 5.91 Å². The van der Waals surface area contributed by atoms with Gasteiger partial charge in [-0.1, -0.05) is 36.4 Å². The second kappa shape index (κ2) is 8.99. The fraction of sp³-hybridized carbons (Fsp3) is 0.217. The zero-order chi connectivity index (χ0) is 19.1. The van der Waals surface area contributed by atoms with E-state index in [9.17, 15) is 4.79 Å². The van der Waals surface area contributed by atoms with Gasteiger partial charge in [-0.2, -0.15) is 0 Å². The molecule has 0 aliphatic heterocycles. The summed E-state index contributed by atoms with van der Waals surface area (Å²) in [4.78, 5) is 21.5. The molecule has 0 N–H and O–H groups in total. The minimum atomic E-state index is -0.0536. The first kappa shape index (κ1) is 18.6. The van der Waals surface area contributed by atoms with Crippen molar-refractivity contribution in [3.63, 3.8) is 0 Å². The van der Waals surface area contributed by atoms with E-state index in [2.05, 4.69) is 48.0 Å². The standard InChI is InChI=1S/C23H25N3O/c1-3-25(4-2)21-15-13-19(14-16-21)18-26(22-12-8-9-17-24-22)23(27)20-10-6-5-7-11-20/h5-17H,3-4,18H2,1-2H3. The van der Waals surface area contributed by atoms with Crippen molar-refractivity contribution in [3.05, 3.63) is 90.1 Å². The molecular weight excluding hydrogens is 334 g/mol. The van der Waals surface area contributed by atoms with Crippen LogP contribution in [-0.2, 0) is 6.54 Å². The van der Waals surface area contributed by atoms with E-state index in [1.807, 2.05) is 48.5 Å². The monoisotopic (exact) mass is 359 g/mol. The molecule has 3 aromatic rings. The smallest absolute Gasteiger partial charge is 0.259 e. The highest BCUT2D eigenvalue weighted by molar-refractivity contribution is 6.05. The van der Waals surface area contributed by atoms with Crippen LogP contribution in [0.5, 0.6) is 0 Å². The summed E-state index contributed by atoms with van der Waals surface area (Å²) in [5.41, 5.74) is 2.92. The molecule has 4 heteroatoms. The first-order valence-corrected chi connectivity index (χ1v) is 9.34. The van der Waals surface area contributed by atoms with Crippen LogP contribution in [0.15, 0.2) is 79.0 Å². The van der Waals surface area contributed by atoms with Crippen LogP contribution in [0.1, 0.15) is 29.8 Å². The molecule has 1 amide bonds. The van der Waals surface area contributed by atoms with Gasteiger partial charge in [0.15, 0.2) is 0 Å². The molecule has 3 rings (SSSR count). The fourth-order valence-corrected chi connectivity index (χ4v) is 3.09. The highest BCUT2D eigenvalue weighted by Crippen LogP contribution is 2.20. The molecule has 0 radical (unpaired) electrons. The SMILES string of the molecule is CCN(CC)c1ccc(CN(C(=O)c2ccccc2)c2ccccn2)cc1. The number of aromatic nitrogens is 1. The number of carbonyl (C=O) groups excluding carboxylic acids is 1. The van der Waals surface area contributed by atoms with Crippen LogP contribution < -0.4 is 9.80 Å². The van der Waals surface area contributed by atoms with Crippen LogP contribution in [0.2, 0.25) is 0 Å². The van der Waals surface area contributed by atoms with Crippen LogP contribution in [0.3, 0.4) is 0 Å². The molecule has 0 saturated heterocycles. The molecule has 0 aliphatic carbocycles. The third kappa shape index (κ3) is 4.53. The van der Waals surface area contributed by atoms with E-state index in [4.69, 9.17) is 0 Å². The number of amides is 1. The molecule has 27 heavy (non-hydrogen) atoms. The summed E-state index contributed by atoms with van der Waals surface area (Å²) in [7, 11) is 0. The predicted molar refractivity (Wildman–Crippen MR) is 111 cm³/mol. The Morgan fingerprint density at radius 2 is 1.52 bits per heavy atom. The normalized spacial score (nSPS) is 10.4. The second-order valence-electron chi connectivity index (χ2n) is 6.28. The van der Waals surface area contributed by atoms with Crippen LogP contribution in [0.4, 0.5) is 11.5 Å². The van der Waals surface area contributed by atoms with Crippen LogP contribution >= 0.6 is 0 Å². The Morgan fingerprint density at radius 3 is 2.11 bits per heavy atom. The summed E-state index contributed by atoms with van der Waals surface area (Å²) >= 11 is 0. The Labute approximate surface area is 161 Å². The van der Waals surface area contributed by atoms with Gasteiger partial charge in [0.05, 0.1) is 6.54 Å². The van der Waals surface area contributed by atoms with Crippen molar-refractivity contribution in [2.75, 3.05) is 22.9 Å². The van der Waals surface area contributed by atoms with Gasteiger partial charge in [0.2, 0.25) is 0 Å². The first-order valence-electron chi connectivity index (χ1n) is 9.34. The van der Waals surface area contributed by atoms with Crippen molar-refractivity contribution in [2.45, 2.75) is 20.4 Å². The summed E-state index contributed by atoms with van der Waals surface area (Å²) in [6.45, 7) is 6.73. The maximum Gasteiger partial charge on any atom is 0.259 e. The Kier molecular flexibility index (Phi) is 6.21. The molecule has 0 atom stereocenters. The minimum absolute atomic E-state index is 0.0536. The summed E-state index contributed by atoms with van der Waals surface area (Å²) < 4.78 is 0. The van der Waals surface area contributed by atoms with Gasteiger partial charge in [0, 0.05) is 30.5 Å². The second-order valence-corrected chi connectivity index (χ2v) is 6.28. The maximum absolute atomic E-state index is 13.1. The van der Waals surface area contributed by atoms with Crippen molar-refractivity contribution in [3.8, 4) is 0 Å². The molecule has 0 unspecified atom stereocenters. The molecule has 138 valence electrons. The molecule has 0 saturated carbocycles. The average Bonchev–Trinajstić information content (AvgIpc) is 2.74. The summed E-state index contributed by atoms with van der Waals surface area (Å²) in [5.74, 6) is 0.598. The lowest BCUT2D eigenvalue weighted by Gasteiger charge is -2.24. The lowest BCUT2D eigenvalue weighted by Crippen LogP contribution is -2.31. The molecule has 0 aliphatic rings. The zero-order valence-corrected chi connectivity index (χ0v) is 15.9. The van der Waals surface area contributed by atoms with Crippen molar-refractivity contribution < 1.29 is 4.79 Å². The average molecular weight is 359 g/mol. The number of anilines is 2. The van der Waals surface area contributed by atoms with Crippen LogP contribution in [-0.4, -0.2) is 24.0 Å². The summed E-state index contributed by atoms with van der Waals surface area (Å²) in [6.07, 6.45) is 1.71. The number of nitrogens with zero attached hydrogens (tertiary/aromatic N) is 3. The topological polar surface area (TPSA) is 36.4 Å². The van der Waals surface area contributed by atoms with E-state index in [0.29, 0.717) is 17.9 Å². The Hall–Kier alpha value is -3.14. The summed E-state index contributed by atoms with van der Waals surface area (Å²) in [6, 6.07) is 23.4. The van der Waals surface area contributed by atoms with Crippen molar-refractivity contribution in [1.82, 2.24) is 4.98 Å². The Balaban J connectivity index is 1.87. The van der Waals surface area contributed by atoms with Crippen molar-refractivity contribution in [1.29, 1.82) is 0 Å². The third-order valence-electron chi connectivity index (χ3n) is 4.60. The summed E-state index contributed by atoms with van der Waals surface area (Å²) in [5, 5.41) is 0. The minimum Gasteiger partial charge on any atom is -0.372 e. The van der Waals surface area contributed by atoms with Crippen molar-refractivity contribution >= 4 is 17.4 Å². The van der Waals surface area contributed by atoms with E-state index in [1.54, 1.807) is 11.1 Å². The van der Waals surface area contributed by atoms with E-state index in [0.717, 1.165) is 18.7 Å².